The highest BCUT2D eigenvalue weighted by Crippen LogP contribution is 2.46. The van der Waals surface area contributed by atoms with Crippen LogP contribution >= 0.6 is 0 Å². The fourth-order valence-corrected chi connectivity index (χ4v) is 5.63. The van der Waals surface area contributed by atoms with Gasteiger partial charge < -0.3 is 9.64 Å². The Morgan fingerprint density at radius 3 is 2.46 bits per heavy atom. The number of nitrogens with zero attached hydrogens (tertiary/aromatic N) is 3. The first-order valence-electron chi connectivity index (χ1n) is 11.3. The number of hydrogen-bond acceptors (Lipinski definition) is 8. The first-order valence-corrected chi connectivity index (χ1v) is 12.8. The van der Waals surface area contributed by atoms with E-state index in [1.165, 1.54) is 37.1 Å². The zero-order valence-electron chi connectivity index (χ0n) is 20.8. The van der Waals surface area contributed by atoms with Gasteiger partial charge in [-0.3, -0.25) is 20.3 Å². The van der Waals surface area contributed by atoms with Gasteiger partial charge in [0.1, 0.15) is 10.6 Å². The average molecular weight is 522 g/mol. The summed E-state index contributed by atoms with van der Waals surface area (Å²) in [5.74, 6) is 0.306. The molecule has 192 valence electrons. The number of sulfonamides is 1. The number of rotatable bonds is 8. The van der Waals surface area contributed by atoms with Crippen molar-refractivity contribution in [2.24, 2.45) is 5.10 Å². The van der Waals surface area contributed by atoms with E-state index in [0.29, 0.717) is 5.75 Å². The number of ether oxygens (including phenoxy) is 1. The summed E-state index contributed by atoms with van der Waals surface area (Å²) < 4.78 is 34.2. The molecule has 3 aromatic rings. The van der Waals surface area contributed by atoms with E-state index in [1.54, 1.807) is 18.2 Å². The highest BCUT2D eigenvalue weighted by Gasteiger charge is 2.37. The molecule has 0 saturated heterocycles. The van der Waals surface area contributed by atoms with Crippen LogP contribution in [0.2, 0.25) is 0 Å². The molecule has 0 spiro atoms. The molecule has 0 unspecified atom stereocenters. The van der Waals surface area contributed by atoms with Crippen molar-refractivity contribution >= 4 is 39.0 Å². The minimum Gasteiger partial charge on any atom is -0.495 e. The van der Waals surface area contributed by atoms with Crippen molar-refractivity contribution in [3.63, 3.8) is 0 Å². The van der Waals surface area contributed by atoms with Crippen LogP contribution in [-0.2, 0) is 15.4 Å². The number of fused-ring (bicyclic) bond motifs is 1. The lowest BCUT2D eigenvalue weighted by molar-refractivity contribution is -0.385. The molecule has 2 N–H and O–H groups in total. The number of likely N-dealkylation sites (N-methyl/N-ethyl adjacent to an activating group) is 1. The SMILES string of the molecule is COc1ccccc1NS(=O)(=O)c1cc([N+](=O)[O-])ccc1NN=CC=C1N(C)c2ccccc2C1(C)C. The lowest BCUT2D eigenvalue weighted by Gasteiger charge is -2.23. The Kier molecular flexibility index (Phi) is 6.90. The minimum absolute atomic E-state index is 0.0740. The Labute approximate surface area is 215 Å². The third kappa shape index (κ3) is 4.98. The number of benzene rings is 3. The number of hydrazone groups is 1. The summed E-state index contributed by atoms with van der Waals surface area (Å²) in [7, 11) is -0.851. The fraction of sp³-hybridized carbons (Fsp3) is 0.192. The maximum absolute atomic E-state index is 13.3. The molecule has 4 rings (SSSR count). The lowest BCUT2D eigenvalue weighted by Crippen LogP contribution is -2.23. The zero-order chi connectivity index (χ0) is 26.8. The van der Waals surface area contributed by atoms with Crippen LogP contribution in [0.1, 0.15) is 19.4 Å². The lowest BCUT2D eigenvalue weighted by atomic mass is 9.84. The molecular weight excluding hydrogens is 494 g/mol. The number of para-hydroxylation sites is 3. The van der Waals surface area contributed by atoms with E-state index in [9.17, 15) is 18.5 Å². The maximum Gasteiger partial charge on any atom is 0.270 e. The van der Waals surface area contributed by atoms with Gasteiger partial charge in [-0.1, -0.05) is 44.2 Å². The molecule has 0 saturated carbocycles. The third-order valence-corrected chi connectivity index (χ3v) is 7.65. The Morgan fingerprint density at radius 2 is 1.76 bits per heavy atom. The van der Waals surface area contributed by atoms with Crippen molar-refractivity contribution in [1.29, 1.82) is 0 Å². The summed E-state index contributed by atoms with van der Waals surface area (Å²) in [6, 6.07) is 18.1. The predicted molar refractivity (Wildman–Crippen MR) is 145 cm³/mol. The van der Waals surface area contributed by atoms with Gasteiger partial charge in [0, 0.05) is 42.2 Å². The second-order valence-corrected chi connectivity index (χ2v) is 10.5. The Balaban J connectivity index is 1.64. The molecule has 0 radical (unpaired) electrons. The summed E-state index contributed by atoms with van der Waals surface area (Å²) >= 11 is 0. The molecule has 1 aliphatic rings. The molecule has 0 aromatic heterocycles. The van der Waals surface area contributed by atoms with Crippen molar-refractivity contribution in [2.45, 2.75) is 24.2 Å². The van der Waals surface area contributed by atoms with Gasteiger partial charge in [0.25, 0.3) is 15.7 Å². The van der Waals surface area contributed by atoms with Crippen molar-refractivity contribution in [3.8, 4) is 5.75 Å². The summed E-state index contributed by atoms with van der Waals surface area (Å²) in [6.45, 7) is 4.24. The largest absolute Gasteiger partial charge is 0.495 e. The molecule has 1 heterocycles. The van der Waals surface area contributed by atoms with E-state index in [1.807, 2.05) is 25.3 Å². The molecule has 37 heavy (non-hydrogen) atoms. The summed E-state index contributed by atoms with van der Waals surface area (Å²) in [5.41, 5.74) is 5.67. The van der Waals surface area contributed by atoms with Gasteiger partial charge in [-0.2, -0.15) is 5.10 Å². The van der Waals surface area contributed by atoms with Crippen LogP contribution in [0, 0.1) is 10.1 Å². The molecule has 10 nitrogen and oxygen atoms in total. The topological polar surface area (TPSA) is 126 Å². The summed E-state index contributed by atoms with van der Waals surface area (Å²) in [4.78, 5) is 12.4. The van der Waals surface area contributed by atoms with Crippen LogP contribution in [0.3, 0.4) is 0 Å². The molecule has 11 heteroatoms. The van der Waals surface area contributed by atoms with Crippen LogP contribution in [0.5, 0.6) is 5.75 Å². The number of allylic oxidation sites excluding steroid dienone is 2. The smallest absolute Gasteiger partial charge is 0.270 e. The number of nitro benzene ring substituents is 1. The van der Waals surface area contributed by atoms with Crippen LogP contribution in [0.4, 0.5) is 22.7 Å². The van der Waals surface area contributed by atoms with Gasteiger partial charge in [0.15, 0.2) is 0 Å². The monoisotopic (exact) mass is 521 g/mol. The molecule has 0 amide bonds. The average Bonchev–Trinajstić information content (AvgIpc) is 3.07. The minimum atomic E-state index is -4.24. The molecule has 0 atom stereocenters. The van der Waals surface area contributed by atoms with Gasteiger partial charge in [0.05, 0.1) is 23.4 Å². The standard InChI is InChI=1S/C26H27N5O5S/c1-26(2)19-9-5-7-11-22(19)30(3)25(26)15-16-27-28-21-14-13-18(31(32)33)17-24(21)37(34,35)29-20-10-6-8-12-23(20)36-4/h5-17,28-29H,1-4H3. The van der Waals surface area contributed by atoms with Gasteiger partial charge in [-0.05, 0) is 35.9 Å². The maximum atomic E-state index is 13.3. The quantitative estimate of drug-likeness (QED) is 0.239. The second kappa shape index (κ2) is 9.94. The van der Waals surface area contributed by atoms with Gasteiger partial charge in [-0.25, -0.2) is 8.42 Å². The highest BCUT2D eigenvalue weighted by atomic mass is 32.2. The van der Waals surface area contributed by atoms with Gasteiger partial charge in [-0.15, -0.1) is 0 Å². The number of nitrogens with one attached hydrogen (secondary N) is 2. The molecule has 0 fully saturated rings. The number of methoxy groups -OCH3 is 1. The molecule has 0 aliphatic carbocycles. The number of non-ortho nitro benzene ring substituents is 1. The highest BCUT2D eigenvalue weighted by molar-refractivity contribution is 7.93. The number of nitro groups is 1. The first kappa shape index (κ1) is 25.7. The molecule has 3 aromatic carbocycles. The van der Waals surface area contributed by atoms with Gasteiger partial charge in [0.2, 0.25) is 0 Å². The Bertz CT molecular complexity index is 1520. The third-order valence-electron chi connectivity index (χ3n) is 6.25. The van der Waals surface area contributed by atoms with E-state index in [-0.39, 0.29) is 27.4 Å². The molecule has 0 bridgehead atoms. The number of anilines is 3. The van der Waals surface area contributed by atoms with E-state index >= 15 is 0 Å². The van der Waals surface area contributed by atoms with E-state index in [4.69, 9.17) is 4.74 Å². The van der Waals surface area contributed by atoms with Crippen molar-refractivity contribution in [2.75, 3.05) is 29.2 Å². The molecular formula is C26H27N5O5S. The number of hydrogen-bond donors (Lipinski definition) is 2. The summed E-state index contributed by atoms with van der Waals surface area (Å²) in [5, 5.41) is 15.5. The van der Waals surface area contributed by atoms with Crippen LogP contribution in [0.25, 0.3) is 0 Å². The van der Waals surface area contributed by atoms with E-state index < -0.39 is 14.9 Å². The Morgan fingerprint density at radius 1 is 1.05 bits per heavy atom. The van der Waals surface area contributed by atoms with Crippen LogP contribution < -0.4 is 19.8 Å². The first-order chi connectivity index (χ1) is 17.6. The van der Waals surface area contributed by atoms with Crippen LogP contribution in [-0.4, -0.2) is 33.7 Å². The van der Waals surface area contributed by atoms with Crippen molar-refractivity contribution in [3.05, 3.63) is 94.2 Å². The second-order valence-electron chi connectivity index (χ2n) is 8.89. The summed E-state index contributed by atoms with van der Waals surface area (Å²) in [6.07, 6.45) is 3.38. The van der Waals surface area contributed by atoms with E-state index in [0.717, 1.165) is 17.5 Å². The van der Waals surface area contributed by atoms with Crippen molar-refractivity contribution < 1.29 is 18.1 Å². The van der Waals surface area contributed by atoms with Crippen LogP contribution in [0.15, 0.2) is 88.5 Å². The molecule has 1 aliphatic heterocycles. The van der Waals surface area contributed by atoms with Gasteiger partial charge >= 0.3 is 0 Å². The fourth-order valence-electron chi connectivity index (χ4n) is 4.38. The normalized spacial score (nSPS) is 15.6. The Hall–Kier alpha value is -4.38. The zero-order valence-corrected chi connectivity index (χ0v) is 21.6. The van der Waals surface area contributed by atoms with E-state index in [2.05, 4.69) is 46.1 Å². The predicted octanol–water partition coefficient (Wildman–Crippen LogP) is 5.11. The van der Waals surface area contributed by atoms with Crippen molar-refractivity contribution in [1.82, 2.24) is 0 Å².